The van der Waals surface area contributed by atoms with E-state index < -0.39 is 17.9 Å². The third kappa shape index (κ3) is 3.57. The molecule has 0 spiro atoms. The van der Waals surface area contributed by atoms with E-state index >= 15 is 0 Å². The van der Waals surface area contributed by atoms with E-state index in [1.54, 1.807) is 6.92 Å². The van der Waals surface area contributed by atoms with Crippen LogP contribution in [0.2, 0.25) is 0 Å². The molecule has 11 heavy (non-hydrogen) atoms. The van der Waals surface area contributed by atoms with Crippen molar-refractivity contribution in [2.24, 2.45) is 5.73 Å². The van der Waals surface area contributed by atoms with Gasteiger partial charge in [0.05, 0.1) is 6.54 Å². The second kappa shape index (κ2) is 4.68. The highest BCUT2D eigenvalue weighted by Gasteiger charge is 2.15. The Balaban J connectivity index is 3.88. The number of carbonyl (C=O) groups is 2. The van der Waals surface area contributed by atoms with Gasteiger partial charge in [-0.1, -0.05) is 6.92 Å². The smallest absolute Gasteiger partial charge is 0.326 e. The standard InChI is InChI=1S/C6H12N2O3/c1-2-4(6(10)11)8-5(9)3-7/h4H,2-3,7H2,1H3,(H,8,9)(H,10,11). The van der Waals surface area contributed by atoms with E-state index in [1.807, 2.05) is 0 Å². The normalized spacial score (nSPS) is 12.2. The molecule has 4 N–H and O–H groups in total. The highest BCUT2D eigenvalue weighted by Crippen LogP contribution is 1.89. The van der Waals surface area contributed by atoms with Crippen molar-refractivity contribution in [2.45, 2.75) is 19.4 Å². The van der Waals surface area contributed by atoms with Crippen LogP contribution in [0.1, 0.15) is 13.3 Å². The summed E-state index contributed by atoms with van der Waals surface area (Å²) in [6.07, 6.45) is 0.362. The number of carboxylic acids is 1. The number of carbonyl (C=O) groups excluding carboxylic acids is 1. The van der Waals surface area contributed by atoms with Gasteiger partial charge in [0.15, 0.2) is 0 Å². The molecule has 0 aromatic heterocycles. The van der Waals surface area contributed by atoms with Crippen molar-refractivity contribution in [1.29, 1.82) is 0 Å². The van der Waals surface area contributed by atoms with Gasteiger partial charge in [0.1, 0.15) is 6.04 Å². The zero-order valence-corrected chi connectivity index (χ0v) is 6.33. The number of carboxylic acid groups (broad SMARTS) is 1. The van der Waals surface area contributed by atoms with Gasteiger partial charge in [0.2, 0.25) is 5.91 Å². The van der Waals surface area contributed by atoms with Gasteiger partial charge < -0.3 is 16.2 Å². The van der Waals surface area contributed by atoms with Crippen LogP contribution in [0.25, 0.3) is 0 Å². The van der Waals surface area contributed by atoms with Crippen LogP contribution in [0.4, 0.5) is 0 Å². The maximum absolute atomic E-state index is 10.6. The minimum absolute atomic E-state index is 0.177. The Labute approximate surface area is 64.6 Å². The van der Waals surface area contributed by atoms with E-state index in [-0.39, 0.29) is 6.54 Å². The zero-order valence-electron chi connectivity index (χ0n) is 6.33. The number of aliphatic carboxylic acids is 1. The number of nitrogens with two attached hydrogens (primary N) is 1. The molecule has 0 aliphatic carbocycles. The van der Waals surface area contributed by atoms with E-state index in [1.165, 1.54) is 0 Å². The Morgan fingerprint density at radius 2 is 2.18 bits per heavy atom. The van der Waals surface area contributed by atoms with Crippen molar-refractivity contribution in [2.75, 3.05) is 6.54 Å². The van der Waals surface area contributed by atoms with Gasteiger partial charge in [-0.05, 0) is 6.42 Å². The maximum atomic E-state index is 10.6. The first-order chi connectivity index (χ1) is 5.11. The van der Waals surface area contributed by atoms with Gasteiger partial charge in [0.25, 0.3) is 0 Å². The summed E-state index contributed by atoms with van der Waals surface area (Å²) in [6, 6.07) is -0.814. The first-order valence-electron chi connectivity index (χ1n) is 3.34. The summed E-state index contributed by atoms with van der Waals surface area (Å²) in [5, 5.41) is 10.7. The number of hydrogen-bond acceptors (Lipinski definition) is 3. The van der Waals surface area contributed by atoms with Crippen molar-refractivity contribution in [1.82, 2.24) is 5.32 Å². The Hall–Kier alpha value is -1.10. The van der Waals surface area contributed by atoms with Gasteiger partial charge in [0, 0.05) is 0 Å². The van der Waals surface area contributed by atoms with Gasteiger partial charge in [-0.2, -0.15) is 0 Å². The van der Waals surface area contributed by atoms with Crippen LogP contribution in [0, 0.1) is 0 Å². The third-order valence-electron chi connectivity index (χ3n) is 1.23. The summed E-state index contributed by atoms with van der Waals surface area (Å²) in [5.41, 5.74) is 4.97. The van der Waals surface area contributed by atoms with Crippen molar-refractivity contribution < 1.29 is 14.7 Å². The van der Waals surface area contributed by atoms with Crippen LogP contribution in [-0.2, 0) is 9.59 Å². The molecule has 0 aromatic rings. The molecular weight excluding hydrogens is 148 g/mol. The Kier molecular flexibility index (Phi) is 4.21. The topological polar surface area (TPSA) is 92.4 Å². The molecule has 0 aliphatic heterocycles. The highest BCUT2D eigenvalue weighted by molar-refractivity contribution is 5.84. The molecule has 0 fully saturated rings. The predicted molar refractivity (Wildman–Crippen MR) is 38.9 cm³/mol. The lowest BCUT2D eigenvalue weighted by atomic mass is 10.2. The average Bonchev–Trinajstić information content (AvgIpc) is 1.99. The van der Waals surface area contributed by atoms with E-state index in [0.717, 1.165) is 0 Å². The first-order valence-corrected chi connectivity index (χ1v) is 3.34. The second-order valence-corrected chi connectivity index (χ2v) is 2.07. The summed E-state index contributed by atoms with van der Waals surface area (Å²) in [4.78, 5) is 20.9. The van der Waals surface area contributed by atoms with Crippen molar-refractivity contribution in [3.63, 3.8) is 0 Å². The predicted octanol–water partition coefficient (Wildman–Crippen LogP) is -1.08. The van der Waals surface area contributed by atoms with Crippen molar-refractivity contribution >= 4 is 11.9 Å². The molecule has 0 rings (SSSR count). The van der Waals surface area contributed by atoms with Gasteiger partial charge in [-0.25, -0.2) is 4.79 Å². The number of nitrogens with one attached hydrogen (secondary N) is 1. The fourth-order valence-corrected chi connectivity index (χ4v) is 0.592. The lowest BCUT2D eigenvalue weighted by Crippen LogP contribution is -2.43. The number of rotatable bonds is 4. The summed E-state index contributed by atoms with van der Waals surface area (Å²) in [6.45, 7) is 1.50. The van der Waals surface area contributed by atoms with Gasteiger partial charge in [-0.15, -0.1) is 0 Å². The van der Waals surface area contributed by atoms with E-state index in [0.29, 0.717) is 6.42 Å². The number of amides is 1. The van der Waals surface area contributed by atoms with Crippen molar-refractivity contribution in [3.05, 3.63) is 0 Å². The van der Waals surface area contributed by atoms with Crippen LogP contribution < -0.4 is 11.1 Å². The molecule has 5 heteroatoms. The van der Waals surface area contributed by atoms with E-state index in [4.69, 9.17) is 10.8 Å². The quantitative estimate of drug-likeness (QED) is 0.488. The molecule has 1 unspecified atom stereocenters. The lowest BCUT2D eigenvalue weighted by Gasteiger charge is -2.10. The molecule has 0 aliphatic rings. The molecule has 1 amide bonds. The van der Waals surface area contributed by atoms with E-state index in [9.17, 15) is 9.59 Å². The molecule has 64 valence electrons. The summed E-state index contributed by atoms with van der Waals surface area (Å²) in [5.74, 6) is -1.48. The molecule has 0 bridgehead atoms. The monoisotopic (exact) mass is 160 g/mol. The van der Waals surface area contributed by atoms with Gasteiger partial charge in [-0.3, -0.25) is 4.79 Å². The Morgan fingerprint density at radius 3 is 2.45 bits per heavy atom. The highest BCUT2D eigenvalue weighted by atomic mass is 16.4. The SMILES string of the molecule is CCC(NC(=O)CN)C(=O)O. The summed E-state index contributed by atoms with van der Waals surface area (Å²) >= 11 is 0. The molecule has 0 saturated heterocycles. The van der Waals surface area contributed by atoms with E-state index in [2.05, 4.69) is 5.32 Å². The third-order valence-corrected chi connectivity index (χ3v) is 1.23. The molecule has 0 radical (unpaired) electrons. The zero-order chi connectivity index (χ0) is 8.85. The Bertz CT molecular complexity index is 158. The molecule has 5 nitrogen and oxygen atoms in total. The Morgan fingerprint density at radius 1 is 1.64 bits per heavy atom. The molecular formula is C6H12N2O3. The first kappa shape index (κ1) is 9.90. The van der Waals surface area contributed by atoms with Crippen LogP contribution >= 0.6 is 0 Å². The molecule has 0 heterocycles. The van der Waals surface area contributed by atoms with Gasteiger partial charge >= 0.3 is 5.97 Å². The largest absolute Gasteiger partial charge is 0.480 e. The summed E-state index contributed by atoms with van der Waals surface area (Å²) in [7, 11) is 0. The van der Waals surface area contributed by atoms with Crippen molar-refractivity contribution in [3.8, 4) is 0 Å². The molecule has 0 saturated carbocycles. The fraction of sp³-hybridized carbons (Fsp3) is 0.667. The van der Waals surface area contributed by atoms with Crippen LogP contribution in [0.5, 0.6) is 0 Å². The minimum atomic E-state index is -1.03. The second-order valence-electron chi connectivity index (χ2n) is 2.07. The lowest BCUT2D eigenvalue weighted by molar-refractivity contribution is -0.141. The van der Waals surface area contributed by atoms with Crippen LogP contribution in [0.3, 0.4) is 0 Å². The minimum Gasteiger partial charge on any atom is -0.480 e. The fourth-order valence-electron chi connectivity index (χ4n) is 0.592. The molecule has 0 aromatic carbocycles. The molecule has 1 atom stereocenters. The number of hydrogen-bond donors (Lipinski definition) is 3. The van der Waals surface area contributed by atoms with Crippen LogP contribution in [-0.4, -0.2) is 29.6 Å². The van der Waals surface area contributed by atoms with Crippen LogP contribution in [0.15, 0.2) is 0 Å². The average molecular weight is 160 g/mol. The summed E-state index contributed by atoms with van der Waals surface area (Å²) < 4.78 is 0. The maximum Gasteiger partial charge on any atom is 0.326 e.